The van der Waals surface area contributed by atoms with Gasteiger partial charge >= 0.3 is 6.03 Å². The van der Waals surface area contributed by atoms with Gasteiger partial charge in [0.25, 0.3) is 0 Å². The van der Waals surface area contributed by atoms with E-state index < -0.39 is 0 Å². The maximum atomic E-state index is 11.8. The van der Waals surface area contributed by atoms with Crippen molar-refractivity contribution in [3.05, 3.63) is 30.3 Å². The third-order valence-corrected chi connectivity index (χ3v) is 4.81. The lowest BCUT2D eigenvalue weighted by Gasteiger charge is -2.29. The second kappa shape index (κ2) is 8.08. The first-order chi connectivity index (χ1) is 10.1. The number of hydrogen-bond acceptors (Lipinski definition) is 3. The van der Waals surface area contributed by atoms with Crippen molar-refractivity contribution in [1.29, 1.82) is 0 Å². The number of carbonyl (C=O) groups is 2. The lowest BCUT2D eigenvalue weighted by atomic mass is 9.86. The van der Waals surface area contributed by atoms with Gasteiger partial charge in [0.05, 0.1) is 5.75 Å². The first-order valence-electron chi connectivity index (χ1n) is 7.43. The molecular formula is C16H22N2O2S. The van der Waals surface area contributed by atoms with Gasteiger partial charge in [-0.3, -0.25) is 10.1 Å². The summed E-state index contributed by atoms with van der Waals surface area (Å²) in [6, 6.07) is 9.50. The fourth-order valence-corrected chi connectivity index (χ4v) is 3.28. The average Bonchev–Trinajstić information content (AvgIpc) is 2.48. The summed E-state index contributed by atoms with van der Waals surface area (Å²) in [5.41, 5.74) is 0. The Hall–Kier alpha value is -1.49. The summed E-state index contributed by atoms with van der Waals surface area (Å²) < 4.78 is 0. The summed E-state index contributed by atoms with van der Waals surface area (Å²) in [5, 5.41) is 5.33. The molecule has 2 atom stereocenters. The third-order valence-electron chi connectivity index (χ3n) is 3.79. The lowest BCUT2D eigenvalue weighted by Crippen LogP contribution is -2.48. The van der Waals surface area contributed by atoms with Crippen molar-refractivity contribution in [3.8, 4) is 0 Å². The smallest absolute Gasteiger partial charge is 0.321 e. The van der Waals surface area contributed by atoms with Crippen molar-refractivity contribution < 1.29 is 9.59 Å². The number of rotatable bonds is 4. The highest BCUT2D eigenvalue weighted by Gasteiger charge is 2.23. The quantitative estimate of drug-likeness (QED) is 0.840. The molecule has 1 saturated carbocycles. The van der Waals surface area contributed by atoms with Crippen LogP contribution in [-0.4, -0.2) is 23.7 Å². The minimum atomic E-state index is -0.368. The molecule has 0 bridgehead atoms. The van der Waals surface area contributed by atoms with Crippen LogP contribution in [0.1, 0.15) is 32.6 Å². The fraction of sp³-hybridized carbons (Fsp3) is 0.500. The van der Waals surface area contributed by atoms with E-state index in [1.54, 1.807) is 0 Å². The van der Waals surface area contributed by atoms with Gasteiger partial charge in [-0.2, -0.15) is 0 Å². The molecule has 21 heavy (non-hydrogen) atoms. The van der Waals surface area contributed by atoms with E-state index in [0.717, 1.165) is 24.2 Å². The van der Waals surface area contributed by atoms with Gasteiger partial charge in [0, 0.05) is 10.9 Å². The molecule has 2 N–H and O–H groups in total. The van der Waals surface area contributed by atoms with E-state index >= 15 is 0 Å². The summed E-state index contributed by atoms with van der Waals surface area (Å²) in [6.07, 6.45) is 4.52. The topological polar surface area (TPSA) is 58.2 Å². The summed E-state index contributed by atoms with van der Waals surface area (Å²) >= 11 is 1.43. The number of thioether (sulfide) groups is 1. The summed E-state index contributed by atoms with van der Waals surface area (Å²) in [7, 11) is 0. The van der Waals surface area contributed by atoms with Crippen LogP contribution in [0.15, 0.2) is 35.2 Å². The molecular weight excluding hydrogens is 284 g/mol. The summed E-state index contributed by atoms with van der Waals surface area (Å²) in [4.78, 5) is 24.6. The average molecular weight is 306 g/mol. The highest BCUT2D eigenvalue weighted by atomic mass is 32.2. The van der Waals surface area contributed by atoms with Crippen molar-refractivity contribution >= 4 is 23.7 Å². The van der Waals surface area contributed by atoms with E-state index in [9.17, 15) is 9.59 Å². The van der Waals surface area contributed by atoms with Gasteiger partial charge in [-0.15, -0.1) is 11.8 Å². The molecule has 1 fully saturated rings. The molecule has 0 saturated heterocycles. The molecule has 1 aliphatic rings. The molecule has 114 valence electrons. The van der Waals surface area contributed by atoms with Gasteiger partial charge in [-0.05, 0) is 30.9 Å². The van der Waals surface area contributed by atoms with Gasteiger partial charge in [-0.25, -0.2) is 4.79 Å². The highest BCUT2D eigenvalue weighted by molar-refractivity contribution is 8.00. The zero-order valence-electron chi connectivity index (χ0n) is 12.3. The van der Waals surface area contributed by atoms with Crippen LogP contribution >= 0.6 is 11.8 Å². The van der Waals surface area contributed by atoms with Crippen LogP contribution in [0.2, 0.25) is 0 Å². The lowest BCUT2D eigenvalue weighted by molar-refractivity contribution is -0.117. The number of carbonyl (C=O) groups excluding carboxylic acids is 2. The molecule has 0 unspecified atom stereocenters. The number of urea groups is 1. The Balaban J connectivity index is 1.70. The molecule has 1 aromatic rings. The maximum Gasteiger partial charge on any atom is 0.321 e. The summed E-state index contributed by atoms with van der Waals surface area (Å²) in [5.74, 6) is 0.473. The number of amides is 3. The zero-order chi connectivity index (χ0) is 15.1. The third kappa shape index (κ3) is 5.42. The molecule has 0 aromatic heterocycles. The SMILES string of the molecule is C[C@@H]1CCCC[C@@H]1NC(=O)NC(=O)CSc1ccccc1. The monoisotopic (exact) mass is 306 g/mol. The van der Waals surface area contributed by atoms with Crippen LogP contribution in [0, 0.1) is 5.92 Å². The molecule has 4 nitrogen and oxygen atoms in total. The van der Waals surface area contributed by atoms with Crippen LogP contribution in [0.5, 0.6) is 0 Å². The Labute approximate surface area is 130 Å². The van der Waals surface area contributed by atoms with Crippen LogP contribution in [0.3, 0.4) is 0 Å². The Morgan fingerprint density at radius 1 is 1.19 bits per heavy atom. The molecule has 0 radical (unpaired) electrons. The van der Waals surface area contributed by atoms with Crippen LogP contribution in [-0.2, 0) is 4.79 Å². The van der Waals surface area contributed by atoms with Crippen LogP contribution in [0.25, 0.3) is 0 Å². The van der Waals surface area contributed by atoms with E-state index in [2.05, 4.69) is 17.6 Å². The van der Waals surface area contributed by atoms with E-state index in [-0.39, 0.29) is 23.7 Å². The molecule has 0 aliphatic heterocycles. The van der Waals surface area contributed by atoms with E-state index in [0.29, 0.717) is 5.92 Å². The van der Waals surface area contributed by atoms with Crippen molar-refractivity contribution in [2.24, 2.45) is 5.92 Å². The second-order valence-corrected chi connectivity index (χ2v) is 6.54. The molecule has 5 heteroatoms. The summed E-state index contributed by atoms with van der Waals surface area (Å²) in [6.45, 7) is 2.15. The van der Waals surface area contributed by atoms with Crippen LogP contribution < -0.4 is 10.6 Å². The normalized spacial score (nSPS) is 21.6. The Morgan fingerprint density at radius 2 is 1.90 bits per heavy atom. The van der Waals surface area contributed by atoms with Crippen molar-refractivity contribution in [1.82, 2.24) is 10.6 Å². The van der Waals surface area contributed by atoms with E-state index in [1.807, 2.05) is 30.3 Å². The van der Waals surface area contributed by atoms with Gasteiger partial charge < -0.3 is 5.32 Å². The van der Waals surface area contributed by atoms with Crippen molar-refractivity contribution in [2.75, 3.05) is 5.75 Å². The fourth-order valence-electron chi connectivity index (χ4n) is 2.56. The predicted octanol–water partition coefficient (Wildman–Crippen LogP) is 3.18. The minimum Gasteiger partial charge on any atom is -0.335 e. The molecule has 1 aromatic carbocycles. The predicted molar refractivity (Wildman–Crippen MR) is 85.3 cm³/mol. The standard InChI is InChI=1S/C16H22N2O2S/c1-12-7-5-6-10-14(12)17-16(20)18-15(19)11-21-13-8-3-2-4-9-13/h2-4,8-9,12,14H,5-7,10-11H2,1H3,(H2,17,18,19,20)/t12-,14+/m1/s1. The van der Waals surface area contributed by atoms with E-state index in [1.165, 1.54) is 18.2 Å². The second-order valence-electron chi connectivity index (χ2n) is 5.49. The highest BCUT2D eigenvalue weighted by Crippen LogP contribution is 2.23. The molecule has 3 amide bonds. The largest absolute Gasteiger partial charge is 0.335 e. The van der Waals surface area contributed by atoms with Gasteiger partial charge in [0.1, 0.15) is 0 Å². The number of nitrogens with one attached hydrogen (secondary N) is 2. The maximum absolute atomic E-state index is 11.8. The number of benzene rings is 1. The first kappa shape index (κ1) is 15.9. The van der Waals surface area contributed by atoms with Gasteiger partial charge in [-0.1, -0.05) is 38.0 Å². The van der Waals surface area contributed by atoms with Crippen LogP contribution in [0.4, 0.5) is 4.79 Å². The van der Waals surface area contributed by atoms with Gasteiger partial charge in [0.2, 0.25) is 5.91 Å². The first-order valence-corrected chi connectivity index (χ1v) is 8.42. The Morgan fingerprint density at radius 3 is 2.62 bits per heavy atom. The molecule has 0 spiro atoms. The van der Waals surface area contributed by atoms with Crippen molar-refractivity contribution in [3.63, 3.8) is 0 Å². The number of hydrogen-bond donors (Lipinski definition) is 2. The Bertz CT molecular complexity index is 478. The number of imide groups is 1. The van der Waals surface area contributed by atoms with Gasteiger partial charge in [0.15, 0.2) is 0 Å². The minimum absolute atomic E-state index is 0.188. The molecule has 0 heterocycles. The molecule has 1 aliphatic carbocycles. The van der Waals surface area contributed by atoms with E-state index in [4.69, 9.17) is 0 Å². The molecule has 2 rings (SSSR count). The van der Waals surface area contributed by atoms with Crippen molar-refractivity contribution in [2.45, 2.75) is 43.5 Å². The zero-order valence-corrected chi connectivity index (χ0v) is 13.1. The Kier molecular flexibility index (Phi) is 6.11.